The van der Waals surface area contributed by atoms with E-state index in [1.807, 2.05) is 22.7 Å². The fourth-order valence-corrected chi connectivity index (χ4v) is 2.67. The molecule has 0 aliphatic carbocycles. The van der Waals surface area contributed by atoms with Gasteiger partial charge in [-0.1, -0.05) is 44.7 Å². The number of imidazole rings is 1. The van der Waals surface area contributed by atoms with Crippen LogP contribution in [0.25, 0.3) is 5.65 Å². The lowest BCUT2D eigenvalue weighted by atomic mass is 10.1. The topological polar surface area (TPSA) is 29.3 Å². The zero-order valence-corrected chi connectivity index (χ0v) is 13.2. The number of nitrogens with one attached hydrogen (secondary N) is 1. The Morgan fingerprint density at radius 2 is 2.05 bits per heavy atom. The van der Waals surface area contributed by atoms with Crippen LogP contribution in [0.15, 0.2) is 24.5 Å². The predicted molar refractivity (Wildman–Crippen MR) is 85.3 cm³/mol. The van der Waals surface area contributed by atoms with Gasteiger partial charge < -0.3 is 9.72 Å². The molecule has 2 aromatic rings. The molecule has 0 aliphatic heterocycles. The molecule has 0 aromatic carbocycles. The van der Waals surface area contributed by atoms with E-state index in [4.69, 9.17) is 11.6 Å². The van der Waals surface area contributed by atoms with E-state index in [0.717, 1.165) is 22.9 Å². The maximum Gasteiger partial charge on any atom is 0.137 e. The largest absolute Gasteiger partial charge is 0.308 e. The van der Waals surface area contributed by atoms with Crippen LogP contribution in [-0.4, -0.2) is 15.4 Å². The average Bonchev–Trinajstić information content (AvgIpc) is 2.83. The average molecular weight is 294 g/mol. The van der Waals surface area contributed by atoms with E-state index in [1.165, 1.54) is 32.1 Å². The normalized spacial score (nSPS) is 12.9. The van der Waals surface area contributed by atoms with Crippen LogP contribution < -0.4 is 5.32 Å². The van der Waals surface area contributed by atoms with E-state index in [-0.39, 0.29) is 0 Å². The Hall–Kier alpha value is -1.06. The van der Waals surface area contributed by atoms with Gasteiger partial charge in [0.2, 0.25) is 0 Å². The Bertz CT molecular complexity index is 536. The van der Waals surface area contributed by atoms with Gasteiger partial charge in [0.1, 0.15) is 5.65 Å². The summed E-state index contributed by atoms with van der Waals surface area (Å²) in [5.74, 6) is 0. The third-order valence-electron chi connectivity index (χ3n) is 3.58. The van der Waals surface area contributed by atoms with E-state index in [0.29, 0.717) is 6.04 Å². The van der Waals surface area contributed by atoms with Crippen LogP contribution in [-0.2, 0) is 6.54 Å². The molecule has 1 atom stereocenters. The highest BCUT2D eigenvalue weighted by molar-refractivity contribution is 6.30. The van der Waals surface area contributed by atoms with Crippen LogP contribution in [0.3, 0.4) is 0 Å². The Morgan fingerprint density at radius 3 is 2.80 bits per heavy atom. The molecule has 0 spiro atoms. The summed E-state index contributed by atoms with van der Waals surface area (Å²) < 4.78 is 1.99. The quantitative estimate of drug-likeness (QED) is 0.780. The highest BCUT2D eigenvalue weighted by Crippen LogP contribution is 2.12. The SMILES string of the molecule is CCCCC(CCC)NCc1cn2cc(Cl)ccc2n1. The molecule has 0 saturated carbocycles. The van der Waals surface area contributed by atoms with Gasteiger partial charge >= 0.3 is 0 Å². The van der Waals surface area contributed by atoms with E-state index in [1.54, 1.807) is 0 Å². The summed E-state index contributed by atoms with van der Waals surface area (Å²) >= 11 is 5.99. The van der Waals surface area contributed by atoms with Gasteiger partial charge in [-0.25, -0.2) is 4.98 Å². The van der Waals surface area contributed by atoms with Crippen LogP contribution in [0.4, 0.5) is 0 Å². The first kappa shape index (κ1) is 15.3. The summed E-state index contributed by atoms with van der Waals surface area (Å²) in [4.78, 5) is 4.61. The lowest BCUT2D eigenvalue weighted by Crippen LogP contribution is -2.28. The molecule has 1 unspecified atom stereocenters. The fraction of sp³-hybridized carbons (Fsp3) is 0.562. The smallest absolute Gasteiger partial charge is 0.137 e. The minimum Gasteiger partial charge on any atom is -0.308 e. The van der Waals surface area contributed by atoms with Crippen molar-refractivity contribution in [2.24, 2.45) is 0 Å². The molecule has 0 fully saturated rings. The molecule has 4 heteroatoms. The van der Waals surface area contributed by atoms with Gasteiger partial charge in [0, 0.05) is 25.0 Å². The number of nitrogens with zero attached hydrogens (tertiary/aromatic N) is 2. The third kappa shape index (κ3) is 4.22. The Labute approximate surface area is 126 Å². The van der Waals surface area contributed by atoms with E-state index in [9.17, 15) is 0 Å². The predicted octanol–water partition coefficient (Wildman–Crippen LogP) is 4.44. The molecule has 3 nitrogen and oxygen atoms in total. The molecule has 2 rings (SSSR count). The Balaban J connectivity index is 1.96. The molecule has 110 valence electrons. The molecule has 2 aromatic heterocycles. The molecule has 0 saturated heterocycles. The molecule has 0 radical (unpaired) electrons. The summed E-state index contributed by atoms with van der Waals surface area (Å²) in [6.45, 7) is 5.32. The Kier molecular flexibility index (Phi) is 5.86. The number of pyridine rings is 1. The second-order valence-corrected chi connectivity index (χ2v) is 5.79. The molecular formula is C16H24ClN3. The van der Waals surface area contributed by atoms with Crippen LogP contribution in [0, 0.1) is 0 Å². The third-order valence-corrected chi connectivity index (χ3v) is 3.80. The van der Waals surface area contributed by atoms with Gasteiger partial charge in [0.05, 0.1) is 10.7 Å². The van der Waals surface area contributed by atoms with Crippen LogP contribution >= 0.6 is 11.6 Å². The van der Waals surface area contributed by atoms with Crippen LogP contribution in [0.1, 0.15) is 51.6 Å². The van der Waals surface area contributed by atoms with Crippen molar-refractivity contribution in [3.8, 4) is 0 Å². The molecular weight excluding hydrogens is 270 g/mol. The van der Waals surface area contributed by atoms with Crippen molar-refractivity contribution >= 4 is 17.2 Å². The first-order valence-corrected chi connectivity index (χ1v) is 7.97. The van der Waals surface area contributed by atoms with Crippen LogP contribution in [0.5, 0.6) is 0 Å². The van der Waals surface area contributed by atoms with Crippen molar-refractivity contribution in [1.82, 2.24) is 14.7 Å². The Morgan fingerprint density at radius 1 is 1.20 bits per heavy atom. The molecule has 20 heavy (non-hydrogen) atoms. The molecule has 0 aliphatic rings. The summed E-state index contributed by atoms with van der Waals surface area (Å²) in [5, 5.41) is 4.38. The standard InChI is InChI=1S/C16H24ClN3/c1-3-5-7-14(6-4-2)18-10-15-12-20-11-13(17)8-9-16(20)19-15/h8-9,11-12,14,18H,3-7,10H2,1-2H3. The lowest BCUT2D eigenvalue weighted by molar-refractivity contribution is 0.432. The molecule has 2 heterocycles. The number of hydrogen-bond acceptors (Lipinski definition) is 2. The number of hydrogen-bond donors (Lipinski definition) is 1. The van der Waals surface area contributed by atoms with Gasteiger partial charge in [-0.15, -0.1) is 0 Å². The lowest BCUT2D eigenvalue weighted by Gasteiger charge is -2.16. The van der Waals surface area contributed by atoms with Crippen molar-refractivity contribution in [2.45, 2.75) is 58.5 Å². The number of aromatic nitrogens is 2. The van der Waals surface area contributed by atoms with E-state index < -0.39 is 0 Å². The van der Waals surface area contributed by atoms with Gasteiger partial charge in [-0.3, -0.25) is 0 Å². The summed E-state index contributed by atoms with van der Waals surface area (Å²) in [6, 6.07) is 4.43. The first-order valence-electron chi connectivity index (χ1n) is 7.59. The molecule has 0 amide bonds. The van der Waals surface area contributed by atoms with Gasteiger partial charge in [-0.2, -0.15) is 0 Å². The zero-order valence-electron chi connectivity index (χ0n) is 12.4. The summed E-state index contributed by atoms with van der Waals surface area (Å²) in [5.41, 5.74) is 2.02. The maximum absolute atomic E-state index is 5.99. The number of rotatable bonds is 8. The zero-order chi connectivity index (χ0) is 14.4. The highest BCUT2D eigenvalue weighted by Gasteiger charge is 2.08. The fourth-order valence-electron chi connectivity index (χ4n) is 2.50. The van der Waals surface area contributed by atoms with Crippen molar-refractivity contribution in [2.75, 3.05) is 0 Å². The van der Waals surface area contributed by atoms with Gasteiger partial charge in [0.15, 0.2) is 0 Å². The second kappa shape index (κ2) is 7.65. The minimum atomic E-state index is 0.605. The van der Waals surface area contributed by atoms with Crippen molar-refractivity contribution < 1.29 is 0 Å². The molecule has 1 N–H and O–H groups in total. The second-order valence-electron chi connectivity index (χ2n) is 5.35. The van der Waals surface area contributed by atoms with E-state index in [2.05, 4.69) is 30.3 Å². The summed E-state index contributed by atoms with van der Waals surface area (Å²) in [6.07, 6.45) is 10.2. The maximum atomic E-state index is 5.99. The van der Waals surface area contributed by atoms with Crippen molar-refractivity contribution in [3.05, 3.63) is 35.2 Å². The van der Waals surface area contributed by atoms with E-state index >= 15 is 0 Å². The highest BCUT2D eigenvalue weighted by atomic mass is 35.5. The van der Waals surface area contributed by atoms with Crippen molar-refractivity contribution in [1.29, 1.82) is 0 Å². The number of fused-ring (bicyclic) bond motifs is 1. The monoisotopic (exact) mass is 293 g/mol. The van der Waals surface area contributed by atoms with Crippen molar-refractivity contribution in [3.63, 3.8) is 0 Å². The minimum absolute atomic E-state index is 0.605. The summed E-state index contributed by atoms with van der Waals surface area (Å²) in [7, 11) is 0. The number of halogens is 1. The van der Waals surface area contributed by atoms with Crippen LogP contribution in [0.2, 0.25) is 5.02 Å². The molecule has 0 bridgehead atoms. The van der Waals surface area contributed by atoms with Gasteiger partial charge in [-0.05, 0) is 25.0 Å². The van der Waals surface area contributed by atoms with Gasteiger partial charge in [0.25, 0.3) is 0 Å². The first-order chi connectivity index (χ1) is 9.72. The number of unbranched alkanes of at least 4 members (excludes halogenated alkanes) is 1.